The monoisotopic (exact) mass is 312 g/mol. The minimum atomic E-state index is -1.25. The van der Waals surface area contributed by atoms with Gasteiger partial charge in [-0.3, -0.25) is 4.79 Å². The Labute approximate surface area is 133 Å². The topological polar surface area (TPSA) is 83.8 Å². The molecule has 0 amide bonds. The lowest BCUT2D eigenvalue weighted by atomic mass is 9.91. The van der Waals surface area contributed by atoms with Crippen LogP contribution in [0.15, 0.2) is 60.2 Å². The molecule has 0 bridgehead atoms. The first kappa shape index (κ1) is 16.3. The van der Waals surface area contributed by atoms with Gasteiger partial charge in [0.05, 0.1) is 19.1 Å². The summed E-state index contributed by atoms with van der Waals surface area (Å²) in [6.45, 7) is 0. The van der Waals surface area contributed by atoms with E-state index in [0.717, 1.165) is 0 Å². The third-order valence-electron chi connectivity index (χ3n) is 3.33. The van der Waals surface area contributed by atoms with Crippen LogP contribution in [0.1, 0.15) is 17.5 Å². The van der Waals surface area contributed by atoms with E-state index in [9.17, 15) is 14.7 Å². The highest BCUT2D eigenvalue weighted by Gasteiger charge is 2.20. The third-order valence-corrected chi connectivity index (χ3v) is 3.33. The Kier molecular flexibility index (Phi) is 5.15. The van der Waals surface area contributed by atoms with Crippen molar-refractivity contribution >= 4 is 17.5 Å². The van der Waals surface area contributed by atoms with Gasteiger partial charge >= 0.3 is 11.9 Å². The molecule has 5 nitrogen and oxygen atoms in total. The smallest absolute Gasteiger partial charge is 0.332 e. The highest BCUT2D eigenvalue weighted by atomic mass is 16.5. The molecule has 2 N–H and O–H groups in total. The first-order valence-electron chi connectivity index (χ1n) is 6.91. The summed E-state index contributed by atoms with van der Waals surface area (Å²) < 4.78 is 5.10. The maximum atomic E-state index is 11.6. The second-order valence-corrected chi connectivity index (χ2v) is 4.82. The molecule has 23 heavy (non-hydrogen) atoms. The van der Waals surface area contributed by atoms with Gasteiger partial charge in [0.25, 0.3) is 0 Å². The van der Waals surface area contributed by atoms with Crippen molar-refractivity contribution in [3.8, 4) is 5.75 Å². The summed E-state index contributed by atoms with van der Waals surface area (Å²) in [5.41, 5.74) is 1.50. The molecule has 2 aromatic rings. The molecule has 0 aliphatic rings. The number of carboxylic acid groups (broad SMARTS) is 2. The summed E-state index contributed by atoms with van der Waals surface area (Å²) in [7, 11) is 1.54. The van der Waals surface area contributed by atoms with Crippen LogP contribution in [0.2, 0.25) is 0 Å². The van der Waals surface area contributed by atoms with E-state index in [1.165, 1.54) is 7.11 Å². The maximum Gasteiger partial charge on any atom is 0.332 e. The zero-order valence-corrected chi connectivity index (χ0v) is 12.5. The van der Waals surface area contributed by atoms with Gasteiger partial charge in [0, 0.05) is 0 Å². The second-order valence-electron chi connectivity index (χ2n) is 4.82. The fraction of sp³-hybridized carbons (Fsp3) is 0.111. The average Bonchev–Trinajstić information content (AvgIpc) is 2.55. The highest BCUT2D eigenvalue weighted by molar-refractivity contribution is 6.03. The molecule has 0 saturated carbocycles. The van der Waals surface area contributed by atoms with E-state index >= 15 is 0 Å². The summed E-state index contributed by atoms with van der Waals surface area (Å²) in [6.07, 6.45) is -0.564. The van der Waals surface area contributed by atoms with Crippen molar-refractivity contribution in [1.29, 1.82) is 0 Å². The van der Waals surface area contributed by atoms with Gasteiger partial charge < -0.3 is 14.9 Å². The third kappa shape index (κ3) is 3.97. The first-order valence-corrected chi connectivity index (χ1v) is 6.91. The number of hydrogen-bond acceptors (Lipinski definition) is 3. The van der Waals surface area contributed by atoms with Crippen LogP contribution in [0.4, 0.5) is 0 Å². The molecule has 0 aromatic heterocycles. The van der Waals surface area contributed by atoms with Crippen molar-refractivity contribution in [2.24, 2.45) is 0 Å². The van der Waals surface area contributed by atoms with Crippen LogP contribution in [0.5, 0.6) is 5.75 Å². The summed E-state index contributed by atoms with van der Waals surface area (Å²) in [6, 6.07) is 15.7. The molecule has 0 spiro atoms. The molecule has 0 aliphatic heterocycles. The van der Waals surface area contributed by atoms with Crippen LogP contribution in [0, 0.1) is 0 Å². The largest absolute Gasteiger partial charge is 0.497 e. The highest BCUT2D eigenvalue weighted by Crippen LogP contribution is 2.30. The predicted molar refractivity (Wildman–Crippen MR) is 85.3 cm³/mol. The number of carboxylic acids is 2. The molecular weight excluding hydrogens is 296 g/mol. The van der Waals surface area contributed by atoms with Crippen molar-refractivity contribution in [3.05, 3.63) is 71.3 Å². The number of ether oxygens (including phenoxy) is 1. The molecule has 0 unspecified atom stereocenters. The van der Waals surface area contributed by atoms with Gasteiger partial charge in [-0.25, -0.2) is 4.79 Å². The SMILES string of the molecule is COc1ccc(/C(=C(\CC(=O)O)C(=O)O)c2ccccc2)cc1. The molecule has 0 aliphatic carbocycles. The summed E-state index contributed by atoms with van der Waals surface area (Å²) >= 11 is 0. The zero-order chi connectivity index (χ0) is 16.8. The van der Waals surface area contributed by atoms with E-state index in [-0.39, 0.29) is 5.57 Å². The van der Waals surface area contributed by atoms with Crippen LogP contribution in [-0.2, 0) is 9.59 Å². The fourth-order valence-corrected chi connectivity index (χ4v) is 2.30. The van der Waals surface area contributed by atoms with Gasteiger partial charge in [-0.15, -0.1) is 0 Å². The Hall–Kier alpha value is -3.08. The molecule has 0 fully saturated rings. The number of rotatable bonds is 6. The van der Waals surface area contributed by atoms with Gasteiger partial charge in [-0.05, 0) is 28.8 Å². The van der Waals surface area contributed by atoms with Crippen molar-refractivity contribution in [2.75, 3.05) is 7.11 Å². The van der Waals surface area contributed by atoms with Crippen molar-refractivity contribution in [1.82, 2.24) is 0 Å². The minimum absolute atomic E-state index is 0.158. The van der Waals surface area contributed by atoms with Crippen molar-refractivity contribution in [3.63, 3.8) is 0 Å². The molecule has 2 rings (SSSR count). The summed E-state index contributed by atoms with van der Waals surface area (Å²) in [5.74, 6) is -1.80. The quantitative estimate of drug-likeness (QED) is 0.801. The lowest BCUT2D eigenvalue weighted by molar-refractivity contribution is -0.139. The summed E-state index contributed by atoms with van der Waals surface area (Å²) in [5, 5.41) is 18.5. The standard InChI is InChI=1S/C18H16O5/c1-23-14-9-7-13(8-10-14)17(12-5-3-2-4-6-12)15(18(21)22)11-16(19)20/h2-10H,11H2,1H3,(H,19,20)(H,21,22)/b17-15+. The Morgan fingerprint density at radius 1 is 0.913 bits per heavy atom. The Bertz CT molecular complexity index is 730. The van der Waals surface area contributed by atoms with Crippen LogP contribution in [-0.4, -0.2) is 29.3 Å². The maximum absolute atomic E-state index is 11.6. The second kappa shape index (κ2) is 7.26. The predicted octanol–water partition coefficient (Wildman–Crippen LogP) is 3.06. The van der Waals surface area contributed by atoms with Crippen LogP contribution in [0.25, 0.3) is 5.57 Å². The number of benzene rings is 2. The number of methoxy groups -OCH3 is 1. The zero-order valence-electron chi connectivity index (χ0n) is 12.5. The Morgan fingerprint density at radius 2 is 1.48 bits per heavy atom. The lowest BCUT2D eigenvalue weighted by Crippen LogP contribution is -2.10. The fourth-order valence-electron chi connectivity index (χ4n) is 2.30. The number of aliphatic carboxylic acids is 2. The van der Waals surface area contributed by atoms with E-state index in [1.54, 1.807) is 48.5 Å². The molecule has 0 radical (unpaired) electrons. The van der Waals surface area contributed by atoms with E-state index in [2.05, 4.69) is 0 Å². The number of carbonyl (C=O) groups is 2. The first-order chi connectivity index (χ1) is 11.0. The molecule has 5 heteroatoms. The molecule has 2 aromatic carbocycles. The van der Waals surface area contributed by atoms with E-state index < -0.39 is 18.4 Å². The Morgan fingerprint density at radius 3 is 1.96 bits per heavy atom. The molecule has 0 saturated heterocycles. The average molecular weight is 312 g/mol. The van der Waals surface area contributed by atoms with Crippen LogP contribution in [0.3, 0.4) is 0 Å². The van der Waals surface area contributed by atoms with Gasteiger partial charge in [0.2, 0.25) is 0 Å². The van der Waals surface area contributed by atoms with Gasteiger partial charge in [0.15, 0.2) is 0 Å². The van der Waals surface area contributed by atoms with E-state index in [1.807, 2.05) is 6.07 Å². The molecule has 0 heterocycles. The molecule has 0 atom stereocenters. The lowest BCUT2D eigenvalue weighted by Gasteiger charge is -2.13. The Balaban J connectivity index is 2.67. The van der Waals surface area contributed by atoms with Crippen LogP contribution >= 0.6 is 0 Å². The van der Waals surface area contributed by atoms with Crippen molar-refractivity contribution in [2.45, 2.75) is 6.42 Å². The summed E-state index contributed by atoms with van der Waals surface area (Å²) in [4.78, 5) is 22.7. The molecule has 118 valence electrons. The van der Waals surface area contributed by atoms with Gasteiger partial charge in [-0.2, -0.15) is 0 Å². The van der Waals surface area contributed by atoms with Crippen LogP contribution < -0.4 is 4.74 Å². The molecular formula is C18H16O5. The van der Waals surface area contributed by atoms with Crippen molar-refractivity contribution < 1.29 is 24.5 Å². The van der Waals surface area contributed by atoms with E-state index in [4.69, 9.17) is 9.84 Å². The number of hydrogen-bond donors (Lipinski definition) is 2. The van der Waals surface area contributed by atoms with Gasteiger partial charge in [-0.1, -0.05) is 42.5 Å². The minimum Gasteiger partial charge on any atom is -0.497 e. The normalized spacial score (nSPS) is 11.5. The van der Waals surface area contributed by atoms with E-state index in [0.29, 0.717) is 22.4 Å². The van der Waals surface area contributed by atoms with Gasteiger partial charge in [0.1, 0.15) is 5.75 Å².